The first-order valence-electron chi connectivity index (χ1n) is 10.5. The summed E-state index contributed by atoms with van der Waals surface area (Å²) in [5.74, 6) is 0. The summed E-state index contributed by atoms with van der Waals surface area (Å²) in [4.78, 5) is 0. The van der Waals surface area contributed by atoms with Crippen molar-refractivity contribution in [2.75, 3.05) is 6.16 Å². The SMILES string of the molecule is Cc1ccc(C/C=C/C[P+](c2ccccc2)(c2ccccc2)c2ccccc2)cc1. The lowest BCUT2D eigenvalue weighted by molar-refractivity contribution is 1.25. The molecule has 0 aliphatic rings. The molecule has 0 spiro atoms. The van der Waals surface area contributed by atoms with Crippen LogP contribution in [-0.4, -0.2) is 6.16 Å². The van der Waals surface area contributed by atoms with E-state index in [4.69, 9.17) is 0 Å². The van der Waals surface area contributed by atoms with Gasteiger partial charge in [0, 0.05) is 0 Å². The molecule has 0 fully saturated rings. The highest BCUT2D eigenvalue weighted by atomic mass is 31.2. The van der Waals surface area contributed by atoms with Crippen molar-refractivity contribution in [1.29, 1.82) is 0 Å². The maximum atomic E-state index is 2.40. The Hall–Kier alpha value is -2.95. The van der Waals surface area contributed by atoms with Crippen molar-refractivity contribution in [3.05, 3.63) is 139 Å². The maximum Gasteiger partial charge on any atom is 0.115 e. The molecule has 30 heavy (non-hydrogen) atoms. The van der Waals surface area contributed by atoms with E-state index in [1.807, 2.05) is 0 Å². The smallest absolute Gasteiger partial charge is 0.0805 e. The largest absolute Gasteiger partial charge is 0.115 e. The minimum Gasteiger partial charge on any atom is -0.0805 e. The Bertz CT molecular complexity index is 969. The lowest BCUT2D eigenvalue weighted by atomic mass is 10.1. The van der Waals surface area contributed by atoms with Crippen LogP contribution in [0.25, 0.3) is 0 Å². The van der Waals surface area contributed by atoms with Gasteiger partial charge in [-0.1, -0.05) is 96.6 Å². The molecule has 0 bridgehead atoms. The van der Waals surface area contributed by atoms with E-state index >= 15 is 0 Å². The van der Waals surface area contributed by atoms with Crippen molar-refractivity contribution in [2.24, 2.45) is 0 Å². The van der Waals surface area contributed by atoms with E-state index in [1.54, 1.807) is 0 Å². The van der Waals surface area contributed by atoms with Crippen molar-refractivity contribution < 1.29 is 0 Å². The molecule has 0 aliphatic heterocycles. The first-order valence-corrected chi connectivity index (χ1v) is 12.5. The van der Waals surface area contributed by atoms with Crippen LogP contribution in [0.1, 0.15) is 11.1 Å². The predicted octanol–water partition coefficient (Wildman–Crippen LogP) is 6.09. The van der Waals surface area contributed by atoms with Crippen LogP contribution < -0.4 is 15.9 Å². The lowest BCUT2D eigenvalue weighted by Crippen LogP contribution is -2.32. The quantitative estimate of drug-likeness (QED) is 0.257. The van der Waals surface area contributed by atoms with E-state index in [9.17, 15) is 0 Å². The second kappa shape index (κ2) is 9.70. The van der Waals surface area contributed by atoms with Gasteiger partial charge < -0.3 is 0 Å². The van der Waals surface area contributed by atoms with Crippen LogP contribution in [-0.2, 0) is 6.42 Å². The van der Waals surface area contributed by atoms with Crippen LogP contribution in [0.4, 0.5) is 0 Å². The van der Waals surface area contributed by atoms with Crippen LogP contribution in [0, 0.1) is 6.92 Å². The third-order valence-corrected chi connectivity index (χ3v) is 9.91. The zero-order valence-electron chi connectivity index (χ0n) is 17.5. The molecule has 0 heterocycles. The van der Waals surface area contributed by atoms with Crippen LogP contribution in [0.15, 0.2) is 127 Å². The molecule has 4 rings (SSSR count). The van der Waals surface area contributed by atoms with Crippen molar-refractivity contribution in [1.82, 2.24) is 0 Å². The van der Waals surface area contributed by atoms with Crippen LogP contribution in [0.5, 0.6) is 0 Å². The molecular weight excluding hydrogens is 379 g/mol. The first kappa shape index (κ1) is 20.3. The van der Waals surface area contributed by atoms with Crippen LogP contribution in [0.3, 0.4) is 0 Å². The number of aryl methyl sites for hydroxylation is 1. The summed E-state index contributed by atoms with van der Waals surface area (Å²) < 4.78 is 0. The molecule has 0 saturated carbocycles. The molecule has 0 nitrogen and oxygen atoms in total. The molecule has 0 unspecified atom stereocenters. The summed E-state index contributed by atoms with van der Waals surface area (Å²) in [6.45, 7) is 2.14. The van der Waals surface area contributed by atoms with Gasteiger partial charge in [-0.3, -0.25) is 0 Å². The van der Waals surface area contributed by atoms with E-state index in [-0.39, 0.29) is 0 Å². The highest BCUT2D eigenvalue weighted by Gasteiger charge is 2.43. The van der Waals surface area contributed by atoms with Gasteiger partial charge in [0.05, 0.1) is 6.16 Å². The fourth-order valence-corrected chi connectivity index (χ4v) is 8.02. The molecule has 148 valence electrons. The minimum atomic E-state index is -1.77. The monoisotopic (exact) mass is 407 g/mol. The Morgan fingerprint density at radius 1 is 0.533 bits per heavy atom. The van der Waals surface area contributed by atoms with Gasteiger partial charge in [0.2, 0.25) is 0 Å². The van der Waals surface area contributed by atoms with Gasteiger partial charge in [-0.25, -0.2) is 0 Å². The predicted molar refractivity (Wildman–Crippen MR) is 134 cm³/mol. The molecule has 0 N–H and O–H groups in total. The third kappa shape index (κ3) is 4.45. The molecule has 4 aromatic carbocycles. The summed E-state index contributed by atoms with van der Waals surface area (Å²) in [6.07, 6.45) is 6.74. The molecule has 0 atom stereocenters. The van der Waals surface area contributed by atoms with E-state index < -0.39 is 7.26 Å². The minimum absolute atomic E-state index is 0.971. The summed E-state index contributed by atoms with van der Waals surface area (Å²) in [6, 6.07) is 42.1. The van der Waals surface area contributed by atoms with Gasteiger partial charge >= 0.3 is 0 Å². The molecule has 0 aliphatic carbocycles. The third-order valence-electron chi connectivity index (χ3n) is 5.61. The van der Waals surface area contributed by atoms with Gasteiger partial charge in [-0.2, -0.15) is 0 Å². The Morgan fingerprint density at radius 3 is 1.40 bits per heavy atom. The molecule has 1 heteroatoms. The van der Waals surface area contributed by atoms with Crippen molar-refractivity contribution in [3.63, 3.8) is 0 Å². The Balaban J connectivity index is 1.74. The average molecular weight is 408 g/mol. The highest BCUT2D eigenvalue weighted by molar-refractivity contribution is 7.95. The van der Waals surface area contributed by atoms with E-state index in [0.29, 0.717) is 0 Å². The Labute approximate surface area is 181 Å². The average Bonchev–Trinajstić information content (AvgIpc) is 2.82. The summed E-state index contributed by atoms with van der Waals surface area (Å²) >= 11 is 0. The van der Waals surface area contributed by atoms with Crippen molar-refractivity contribution in [3.8, 4) is 0 Å². The van der Waals surface area contributed by atoms with Crippen molar-refractivity contribution >= 4 is 23.2 Å². The second-order valence-electron chi connectivity index (χ2n) is 7.66. The first-order chi connectivity index (χ1) is 14.8. The van der Waals surface area contributed by atoms with E-state index in [2.05, 4.69) is 134 Å². The zero-order valence-corrected chi connectivity index (χ0v) is 18.4. The summed E-state index contributed by atoms with van der Waals surface area (Å²) in [7, 11) is -1.77. The van der Waals surface area contributed by atoms with Crippen molar-refractivity contribution in [2.45, 2.75) is 13.3 Å². The molecule has 0 radical (unpaired) electrons. The molecule has 0 amide bonds. The summed E-state index contributed by atoms with van der Waals surface area (Å²) in [5, 5.41) is 4.30. The van der Waals surface area contributed by atoms with Gasteiger partial charge in [0.15, 0.2) is 0 Å². The zero-order chi connectivity index (χ0) is 20.7. The Kier molecular flexibility index (Phi) is 6.57. The van der Waals surface area contributed by atoms with Gasteiger partial charge in [-0.05, 0) is 55.3 Å². The number of allylic oxidation sites excluding steroid dienone is 2. The number of benzene rings is 4. The Morgan fingerprint density at radius 2 is 0.967 bits per heavy atom. The molecule has 0 aromatic heterocycles. The normalized spacial score (nSPS) is 11.6. The van der Waals surface area contributed by atoms with Gasteiger partial charge in [-0.15, -0.1) is 0 Å². The maximum absolute atomic E-state index is 2.40. The summed E-state index contributed by atoms with van der Waals surface area (Å²) in [5.41, 5.74) is 2.67. The number of rotatable bonds is 7. The van der Waals surface area contributed by atoms with Crippen LogP contribution >= 0.6 is 7.26 Å². The molecular formula is C29H28P+. The topological polar surface area (TPSA) is 0 Å². The van der Waals surface area contributed by atoms with Crippen LogP contribution in [0.2, 0.25) is 0 Å². The van der Waals surface area contributed by atoms with Gasteiger partial charge in [0.25, 0.3) is 0 Å². The molecule has 0 saturated heterocycles. The van der Waals surface area contributed by atoms with Gasteiger partial charge in [0.1, 0.15) is 23.2 Å². The fraction of sp³-hybridized carbons (Fsp3) is 0.103. The fourth-order valence-electron chi connectivity index (χ4n) is 3.99. The van der Waals surface area contributed by atoms with E-state index in [0.717, 1.165) is 12.6 Å². The standard InChI is InChI=1S/C29H28P/c1-25-20-22-26(23-21-25)13-11-12-24-30(27-14-5-2-6-15-27,28-16-7-3-8-17-28)29-18-9-4-10-19-29/h2-12,14-23H,13,24H2,1H3/q+1/b12-11+. The number of hydrogen-bond acceptors (Lipinski definition) is 0. The van der Waals surface area contributed by atoms with E-state index in [1.165, 1.54) is 27.0 Å². The second-order valence-corrected chi connectivity index (χ2v) is 11.2. The highest BCUT2D eigenvalue weighted by Crippen LogP contribution is 2.55. The lowest BCUT2D eigenvalue weighted by Gasteiger charge is -2.26. The molecule has 4 aromatic rings. The number of hydrogen-bond donors (Lipinski definition) is 0.